The molecule has 0 unspecified atom stereocenters. The van der Waals surface area contributed by atoms with Crippen LogP contribution in [-0.2, 0) is 0 Å². The lowest BCUT2D eigenvalue weighted by Crippen LogP contribution is -2.05. The molecule has 0 spiro atoms. The highest BCUT2D eigenvalue weighted by Gasteiger charge is 2.19. The van der Waals surface area contributed by atoms with Crippen LogP contribution < -0.4 is 0 Å². The summed E-state index contributed by atoms with van der Waals surface area (Å²) in [5.41, 5.74) is 6.24. The highest BCUT2D eigenvalue weighted by molar-refractivity contribution is 6.34. The molecule has 4 rings (SSSR count). The zero-order chi connectivity index (χ0) is 14.9. The fraction of sp³-hybridized carbons (Fsp3) is 0.105. The van der Waals surface area contributed by atoms with Gasteiger partial charge in [0.25, 0.3) is 0 Å². The van der Waals surface area contributed by atoms with Crippen LogP contribution >= 0.6 is 0 Å². The molecule has 0 N–H and O–H groups in total. The van der Waals surface area contributed by atoms with Gasteiger partial charge in [0.1, 0.15) is 0 Å². The van der Waals surface area contributed by atoms with Crippen LogP contribution in [0.5, 0.6) is 0 Å². The zero-order valence-corrected chi connectivity index (χ0v) is 12.3. The fourth-order valence-corrected chi connectivity index (χ4v) is 2.87. The molecule has 3 heterocycles. The maximum Gasteiger partial charge on any atom is 0.0910 e. The molecule has 106 valence electrons. The molecule has 0 aliphatic carbocycles. The summed E-state index contributed by atoms with van der Waals surface area (Å²) in [4.78, 5) is 13.7. The van der Waals surface area contributed by atoms with Crippen molar-refractivity contribution < 1.29 is 0 Å². The minimum atomic E-state index is 0.705. The quantitative estimate of drug-likeness (QED) is 0.718. The first-order valence-electron chi connectivity index (χ1n) is 7.36. The average Bonchev–Trinajstić information content (AvgIpc) is 3.04. The number of pyridine rings is 2. The topological polar surface area (TPSA) is 38.1 Å². The van der Waals surface area contributed by atoms with Crippen molar-refractivity contribution in [2.45, 2.75) is 6.92 Å². The van der Waals surface area contributed by atoms with Gasteiger partial charge in [-0.1, -0.05) is 30.3 Å². The molecule has 0 fully saturated rings. The second-order valence-corrected chi connectivity index (χ2v) is 5.35. The Bertz CT molecular complexity index is 917. The molecule has 0 saturated carbocycles. The molecule has 3 aromatic rings. The van der Waals surface area contributed by atoms with E-state index in [9.17, 15) is 0 Å². The summed E-state index contributed by atoms with van der Waals surface area (Å²) < 4.78 is 0. The van der Waals surface area contributed by atoms with Crippen LogP contribution in [0.1, 0.15) is 17.0 Å². The molecular weight excluding hydrogens is 270 g/mol. The van der Waals surface area contributed by atoms with Gasteiger partial charge >= 0.3 is 0 Å². The number of aliphatic imine (C=N–C) groups is 1. The van der Waals surface area contributed by atoms with Crippen LogP contribution in [0.15, 0.2) is 65.8 Å². The Morgan fingerprint density at radius 3 is 2.77 bits per heavy atom. The predicted molar refractivity (Wildman–Crippen MR) is 90.1 cm³/mol. The molecule has 3 heteroatoms. The summed E-state index contributed by atoms with van der Waals surface area (Å²) in [6, 6.07) is 16.3. The van der Waals surface area contributed by atoms with Crippen molar-refractivity contribution in [3.05, 3.63) is 77.8 Å². The summed E-state index contributed by atoms with van der Waals surface area (Å²) in [7, 11) is 0. The second-order valence-electron chi connectivity index (χ2n) is 5.35. The molecule has 0 amide bonds. The Balaban J connectivity index is 1.87. The van der Waals surface area contributed by atoms with E-state index in [0.29, 0.717) is 6.54 Å². The zero-order valence-electron chi connectivity index (χ0n) is 12.3. The first-order chi connectivity index (χ1) is 10.8. The van der Waals surface area contributed by atoms with E-state index in [-0.39, 0.29) is 0 Å². The Kier molecular flexibility index (Phi) is 3.04. The molecule has 0 saturated heterocycles. The lowest BCUT2D eigenvalue weighted by atomic mass is 9.96. The number of aromatic nitrogens is 2. The normalized spacial score (nSPS) is 14.0. The van der Waals surface area contributed by atoms with E-state index in [0.717, 1.165) is 33.6 Å². The highest BCUT2D eigenvalue weighted by atomic mass is 14.8. The van der Waals surface area contributed by atoms with Crippen LogP contribution in [-0.4, -0.2) is 22.2 Å². The van der Waals surface area contributed by atoms with Gasteiger partial charge in [-0.25, -0.2) is 0 Å². The molecule has 0 atom stereocenters. The Labute approximate surface area is 129 Å². The van der Waals surface area contributed by atoms with E-state index in [2.05, 4.69) is 33.2 Å². The van der Waals surface area contributed by atoms with E-state index in [1.54, 1.807) is 0 Å². The first-order valence-corrected chi connectivity index (χ1v) is 7.36. The van der Waals surface area contributed by atoms with Crippen molar-refractivity contribution >= 4 is 22.2 Å². The van der Waals surface area contributed by atoms with Gasteiger partial charge in [-0.15, -0.1) is 0 Å². The number of fused-ring (bicyclic) bond motifs is 1. The Morgan fingerprint density at radius 2 is 1.86 bits per heavy atom. The van der Waals surface area contributed by atoms with Crippen molar-refractivity contribution in [3.63, 3.8) is 0 Å². The number of aryl methyl sites for hydroxylation is 1. The lowest BCUT2D eigenvalue weighted by molar-refractivity contribution is 1.17. The highest BCUT2D eigenvalue weighted by Crippen LogP contribution is 2.29. The Morgan fingerprint density at radius 1 is 0.955 bits per heavy atom. The van der Waals surface area contributed by atoms with Crippen LogP contribution in [0.25, 0.3) is 16.5 Å². The third kappa shape index (κ3) is 2.11. The number of rotatable bonds is 2. The molecule has 0 bridgehead atoms. The van der Waals surface area contributed by atoms with E-state index in [1.807, 2.05) is 49.5 Å². The molecule has 2 aromatic heterocycles. The van der Waals surface area contributed by atoms with Crippen LogP contribution in [0.2, 0.25) is 0 Å². The number of nitrogens with zero attached hydrogens (tertiary/aromatic N) is 3. The van der Waals surface area contributed by atoms with Crippen LogP contribution in [0.3, 0.4) is 0 Å². The number of allylic oxidation sites excluding steroid dienone is 1. The van der Waals surface area contributed by atoms with Gasteiger partial charge in [0.05, 0.1) is 23.5 Å². The molecular formula is C19H15N3. The summed E-state index contributed by atoms with van der Waals surface area (Å²) in [5.74, 6) is 0. The maximum atomic E-state index is 4.65. The second kappa shape index (κ2) is 5.19. The largest absolute Gasteiger partial charge is 0.278 e. The van der Waals surface area contributed by atoms with Crippen molar-refractivity contribution in [2.75, 3.05) is 6.54 Å². The van der Waals surface area contributed by atoms with E-state index >= 15 is 0 Å². The SMILES string of the molecule is Cc1cccc(C2=NCC=C2c2ccnc3ccccc23)n1. The minimum Gasteiger partial charge on any atom is -0.278 e. The van der Waals surface area contributed by atoms with E-state index in [4.69, 9.17) is 0 Å². The maximum absolute atomic E-state index is 4.65. The monoisotopic (exact) mass is 285 g/mol. The minimum absolute atomic E-state index is 0.705. The van der Waals surface area contributed by atoms with Crippen LogP contribution in [0.4, 0.5) is 0 Å². The van der Waals surface area contributed by atoms with Gasteiger partial charge < -0.3 is 0 Å². The molecule has 3 nitrogen and oxygen atoms in total. The third-order valence-corrected chi connectivity index (χ3v) is 3.87. The standard InChI is InChI=1S/C19H15N3/c1-13-5-4-8-18(22-13)19-16(10-12-21-19)14-9-11-20-17-7-3-2-6-15(14)17/h2-11H,12H2,1H3. The van der Waals surface area contributed by atoms with Crippen molar-refractivity contribution in [3.8, 4) is 0 Å². The molecule has 22 heavy (non-hydrogen) atoms. The first kappa shape index (κ1) is 12.9. The fourth-order valence-electron chi connectivity index (χ4n) is 2.87. The number of hydrogen-bond acceptors (Lipinski definition) is 3. The van der Waals surface area contributed by atoms with Crippen molar-refractivity contribution in [1.82, 2.24) is 9.97 Å². The molecule has 1 aliphatic heterocycles. The van der Waals surface area contributed by atoms with Crippen molar-refractivity contribution in [1.29, 1.82) is 0 Å². The van der Waals surface area contributed by atoms with Gasteiger partial charge in [0, 0.05) is 22.9 Å². The molecule has 1 aromatic carbocycles. The predicted octanol–water partition coefficient (Wildman–Crippen LogP) is 3.82. The van der Waals surface area contributed by atoms with Gasteiger partial charge in [0.15, 0.2) is 0 Å². The van der Waals surface area contributed by atoms with Crippen LogP contribution in [0, 0.1) is 6.92 Å². The number of para-hydroxylation sites is 1. The van der Waals surface area contributed by atoms with Gasteiger partial charge in [-0.3, -0.25) is 15.0 Å². The molecule has 1 aliphatic rings. The number of benzene rings is 1. The van der Waals surface area contributed by atoms with Gasteiger partial charge in [0.2, 0.25) is 0 Å². The Hall–Kier alpha value is -2.81. The van der Waals surface area contributed by atoms with Gasteiger partial charge in [-0.05, 0) is 36.8 Å². The third-order valence-electron chi connectivity index (χ3n) is 3.87. The lowest BCUT2D eigenvalue weighted by Gasteiger charge is -2.10. The summed E-state index contributed by atoms with van der Waals surface area (Å²) in [5, 5.41) is 1.15. The summed E-state index contributed by atoms with van der Waals surface area (Å²) in [6.07, 6.45) is 4.03. The van der Waals surface area contributed by atoms with E-state index in [1.165, 1.54) is 5.56 Å². The number of hydrogen-bond donors (Lipinski definition) is 0. The summed E-state index contributed by atoms with van der Waals surface area (Å²) in [6.45, 7) is 2.71. The van der Waals surface area contributed by atoms with E-state index < -0.39 is 0 Å². The molecule has 0 radical (unpaired) electrons. The van der Waals surface area contributed by atoms with Gasteiger partial charge in [-0.2, -0.15) is 0 Å². The van der Waals surface area contributed by atoms with Crippen molar-refractivity contribution in [2.24, 2.45) is 4.99 Å². The average molecular weight is 285 g/mol. The smallest absolute Gasteiger partial charge is 0.0910 e. The summed E-state index contributed by atoms with van der Waals surface area (Å²) >= 11 is 0.